The number of aromatic nitrogens is 2. The van der Waals surface area contributed by atoms with Crippen molar-refractivity contribution in [3.05, 3.63) is 130 Å². The van der Waals surface area contributed by atoms with Crippen molar-refractivity contribution in [1.82, 2.24) is 20.6 Å². The second-order valence-corrected chi connectivity index (χ2v) is 20.2. The molecule has 19 heteroatoms. The van der Waals surface area contributed by atoms with Crippen LogP contribution in [0.3, 0.4) is 0 Å². The van der Waals surface area contributed by atoms with Gasteiger partial charge in [-0.15, -0.1) is 35.1 Å². The number of amides is 1. The number of hydrogen-bond acceptors (Lipinski definition) is 13. The Morgan fingerprint density at radius 1 is 0.750 bits per heavy atom. The number of carbonyl (C=O) groups is 1. The first kappa shape index (κ1) is 47.1. The Morgan fingerprint density at radius 3 is 1.67 bits per heavy atom. The zero-order valence-electron chi connectivity index (χ0n) is 32.6. The van der Waals surface area contributed by atoms with Gasteiger partial charge >= 0.3 is 6.09 Å². The van der Waals surface area contributed by atoms with Gasteiger partial charge in [-0.05, 0) is 79.8 Å². The van der Waals surface area contributed by atoms with Gasteiger partial charge in [0.15, 0.2) is 0 Å². The molecule has 60 heavy (non-hydrogen) atoms. The lowest BCUT2D eigenvalue weighted by Gasteiger charge is -2.29. The maximum absolute atomic E-state index is 14.6. The van der Waals surface area contributed by atoms with Crippen molar-refractivity contribution in [2.24, 2.45) is 5.41 Å². The molecular formula is C41H37ClF2N6O6S4. The van der Waals surface area contributed by atoms with E-state index < -0.39 is 49.2 Å². The van der Waals surface area contributed by atoms with Crippen molar-refractivity contribution < 1.29 is 35.1 Å². The van der Waals surface area contributed by atoms with Crippen LogP contribution in [0.2, 0.25) is 0 Å². The van der Waals surface area contributed by atoms with Crippen molar-refractivity contribution in [2.45, 2.75) is 51.6 Å². The highest BCUT2D eigenvalue weighted by molar-refractivity contribution is 7.94. The molecule has 6 rings (SSSR count). The smallest absolute Gasteiger partial charge is 0.407 e. The molecule has 2 aromatic carbocycles. The lowest BCUT2D eigenvalue weighted by atomic mass is 9.87. The van der Waals surface area contributed by atoms with Crippen LogP contribution in [0.25, 0.3) is 22.3 Å². The third-order valence-electron chi connectivity index (χ3n) is 8.42. The fourth-order valence-electron chi connectivity index (χ4n) is 5.66. The Balaban J connectivity index is 0.000000267. The summed E-state index contributed by atoms with van der Waals surface area (Å²) in [7, 11) is -4.90. The van der Waals surface area contributed by atoms with Gasteiger partial charge in [-0.1, -0.05) is 32.9 Å². The zero-order valence-corrected chi connectivity index (χ0v) is 36.6. The quantitative estimate of drug-likeness (QED) is 0.125. The molecule has 6 aromatic rings. The van der Waals surface area contributed by atoms with Gasteiger partial charge in [-0.3, -0.25) is 0 Å². The number of alkyl carbamates (subject to hydrolysis) is 1. The van der Waals surface area contributed by atoms with Gasteiger partial charge in [-0.2, -0.15) is 19.3 Å². The molecule has 12 nitrogen and oxygen atoms in total. The van der Waals surface area contributed by atoms with E-state index in [4.69, 9.17) is 10.00 Å². The summed E-state index contributed by atoms with van der Waals surface area (Å²) in [5, 5.41) is 23.6. The van der Waals surface area contributed by atoms with Crippen LogP contribution in [-0.4, -0.2) is 47.0 Å². The number of ether oxygens (including phenoxy) is 1. The molecule has 1 atom stereocenters. The molecule has 2 N–H and O–H groups in total. The van der Waals surface area contributed by atoms with Crippen molar-refractivity contribution in [3.63, 3.8) is 0 Å². The number of thiophene rings is 2. The minimum Gasteiger partial charge on any atom is -0.440 e. The number of hydrogen-bond donors (Lipinski definition) is 2. The maximum Gasteiger partial charge on any atom is 0.407 e. The van der Waals surface area contributed by atoms with E-state index in [9.17, 15) is 35.7 Å². The van der Waals surface area contributed by atoms with E-state index >= 15 is 0 Å². The van der Waals surface area contributed by atoms with Crippen molar-refractivity contribution in [3.8, 4) is 34.4 Å². The predicted octanol–water partition coefficient (Wildman–Crippen LogP) is 8.89. The molecule has 0 spiro atoms. The van der Waals surface area contributed by atoms with Crippen LogP contribution in [0.15, 0.2) is 116 Å². The van der Waals surface area contributed by atoms with E-state index in [2.05, 4.69) is 20.6 Å². The molecule has 1 amide bonds. The van der Waals surface area contributed by atoms with E-state index in [-0.39, 0.29) is 64.0 Å². The molecule has 0 fully saturated rings. The number of nitriles is 2. The van der Waals surface area contributed by atoms with Crippen molar-refractivity contribution in [2.75, 3.05) is 14.1 Å². The van der Waals surface area contributed by atoms with Crippen LogP contribution >= 0.6 is 35.1 Å². The van der Waals surface area contributed by atoms with Crippen LogP contribution in [0.5, 0.6) is 0 Å². The molecule has 0 saturated heterocycles. The molecule has 0 aliphatic rings. The molecular weight excluding hydrogens is 874 g/mol. The lowest BCUT2D eigenvalue weighted by Crippen LogP contribution is -2.28. The molecule has 0 aliphatic carbocycles. The van der Waals surface area contributed by atoms with E-state index in [1.54, 1.807) is 19.2 Å². The summed E-state index contributed by atoms with van der Waals surface area (Å²) in [6.45, 7) is 5.98. The summed E-state index contributed by atoms with van der Waals surface area (Å²) >= 11 is 1.97. The van der Waals surface area contributed by atoms with Crippen LogP contribution < -0.4 is 10.6 Å². The third-order valence-corrected chi connectivity index (χ3v) is 15.3. The highest BCUT2D eigenvalue weighted by atomic mass is 35.5. The Bertz CT molecular complexity index is 2830. The minimum atomic E-state index is -4.14. The topological polar surface area (TPSA) is 192 Å². The maximum atomic E-state index is 14.6. The number of halogens is 3. The first-order valence-electron chi connectivity index (χ1n) is 17.5. The van der Waals surface area contributed by atoms with Gasteiger partial charge in [0.25, 0.3) is 0 Å². The molecule has 4 heterocycles. The van der Waals surface area contributed by atoms with E-state index in [0.717, 1.165) is 27.6 Å². The first-order chi connectivity index (χ1) is 28.0. The standard InChI is InChI=1S/C23H22FN3O4S2.C18H14FN3O2S2.ClH/c1-23(2,3)19(31-22(28)26-4)18-12-17(16-9-6-10-27-20(16)24)21(32-18)33(29,30)15-8-5-7-14(11-15)13-25;1-21-11-13-9-16(15-6-3-7-22-17(15)19)18(25-13)26(23,24)14-5-2-4-12(8-14)10-20;/h5-12,19H,1-4H3,(H,26,28);2-9,21H,11H2,1H3;1H. The summed E-state index contributed by atoms with van der Waals surface area (Å²) in [5.41, 5.74) is 0.337. The van der Waals surface area contributed by atoms with Gasteiger partial charge < -0.3 is 15.4 Å². The monoisotopic (exact) mass is 910 g/mol. The number of sulfone groups is 2. The van der Waals surface area contributed by atoms with Crippen LogP contribution in [0, 0.1) is 40.0 Å². The third kappa shape index (κ3) is 10.4. The number of carbonyl (C=O) groups excluding carboxylic acids is 1. The van der Waals surface area contributed by atoms with Gasteiger partial charge in [0.1, 0.15) is 14.5 Å². The van der Waals surface area contributed by atoms with Crippen molar-refractivity contribution >= 4 is 60.8 Å². The number of nitrogens with zero attached hydrogens (tertiary/aromatic N) is 4. The van der Waals surface area contributed by atoms with Gasteiger partial charge in [-0.25, -0.2) is 31.6 Å². The molecule has 0 radical (unpaired) electrons. The second kappa shape index (κ2) is 19.6. The SMILES string of the molecule is CNC(=O)OC(c1cc(-c2cccnc2F)c(S(=O)(=O)c2cccc(C#N)c2)s1)C(C)(C)C.CNCc1cc(-c2cccnc2F)c(S(=O)(=O)c2cccc(C#N)c2)s1.Cl. The van der Waals surface area contributed by atoms with Crippen LogP contribution in [0.4, 0.5) is 13.6 Å². The predicted molar refractivity (Wildman–Crippen MR) is 226 cm³/mol. The molecule has 312 valence electrons. The lowest BCUT2D eigenvalue weighted by molar-refractivity contribution is 0.0338. The Morgan fingerprint density at radius 2 is 1.23 bits per heavy atom. The van der Waals surface area contributed by atoms with Gasteiger partial charge in [0.05, 0.1) is 33.1 Å². The average molecular weight is 912 g/mol. The van der Waals surface area contributed by atoms with Crippen LogP contribution in [0.1, 0.15) is 47.8 Å². The van der Waals surface area contributed by atoms with Crippen LogP contribution in [-0.2, 0) is 31.0 Å². The number of pyridine rings is 2. The number of rotatable bonds is 10. The Kier molecular flexibility index (Phi) is 15.4. The molecule has 1 unspecified atom stereocenters. The Labute approximate surface area is 360 Å². The fraction of sp³-hybridized carbons (Fsp3) is 0.195. The largest absolute Gasteiger partial charge is 0.440 e. The summed E-state index contributed by atoms with van der Waals surface area (Å²) in [5.74, 6) is -1.56. The summed E-state index contributed by atoms with van der Waals surface area (Å²) in [6, 6.07) is 24.4. The highest BCUT2D eigenvalue weighted by Gasteiger charge is 2.36. The summed E-state index contributed by atoms with van der Waals surface area (Å²) < 4.78 is 87.8. The summed E-state index contributed by atoms with van der Waals surface area (Å²) in [6.07, 6.45) is 1.09. The van der Waals surface area contributed by atoms with E-state index in [1.165, 1.54) is 92.2 Å². The summed E-state index contributed by atoms with van der Waals surface area (Å²) in [4.78, 5) is 20.3. The van der Waals surface area contributed by atoms with Gasteiger partial charge in [0.2, 0.25) is 31.6 Å². The zero-order chi connectivity index (χ0) is 43.1. The first-order valence-corrected chi connectivity index (χ1v) is 22.1. The molecule has 4 aromatic heterocycles. The van der Waals surface area contributed by atoms with E-state index in [1.807, 2.05) is 32.9 Å². The van der Waals surface area contributed by atoms with Gasteiger partial charge in [0, 0.05) is 63.4 Å². The number of nitrogens with one attached hydrogen (secondary N) is 2. The number of benzene rings is 2. The highest BCUT2D eigenvalue weighted by Crippen LogP contribution is 2.46. The second-order valence-electron chi connectivity index (χ2n) is 13.7. The van der Waals surface area contributed by atoms with Crippen molar-refractivity contribution in [1.29, 1.82) is 10.5 Å². The molecule has 0 bridgehead atoms. The van der Waals surface area contributed by atoms with E-state index in [0.29, 0.717) is 11.4 Å². The Hall–Kier alpha value is -5.60. The molecule has 0 saturated carbocycles. The fourth-order valence-corrected chi connectivity index (χ4v) is 12.2. The average Bonchev–Trinajstić information content (AvgIpc) is 3.86. The normalized spacial score (nSPS) is 11.8. The molecule has 0 aliphatic heterocycles. The minimum absolute atomic E-state index is 0.